The van der Waals surface area contributed by atoms with Gasteiger partial charge in [0.25, 0.3) is 0 Å². The molecule has 8 heteroatoms. The SMILES string of the molecule is C/C(=C\c1c(C)ncn1Cc1ccc2c(c1)Nc1nccnc1S2)C(=O)O. The topological polar surface area (TPSA) is 92.9 Å². The van der Waals surface area contributed by atoms with Crippen molar-refractivity contribution in [3.63, 3.8) is 0 Å². The van der Waals surface area contributed by atoms with Gasteiger partial charge in [0.15, 0.2) is 5.82 Å². The molecule has 1 aromatic carbocycles. The van der Waals surface area contributed by atoms with Crippen LogP contribution in [-0.4, -0.2) is 30.6 Å². The average Bonchev–Trinajstić information content (AvgIpc) is 2.99. The molecule has 0 saturated carbocycles. The molecule has 0 fully saturated rings. The van der Waals surface area contributed by atoms with Crippen LogP contribution in [0.25, 0.3) is 6.08 Å². The van der Waals surface area contributed by atoms with E-state index in [1.54, 1.807) is 43.5 Å². The van der Waals surface area contributed by atoms with E-state index in [4.69, 9.17) is 5.11 Å². The van der Waals surface area contributed by atoms with Crippen LogP contribution in [0.5, 0.6) is 0 Å². The summed E-state index contributed by atoms with van der Waals surface area (Å²) >= 11 is 1.59. The zero-order valence-electron chi connectivity index (χ0n) is 14.8. The molecule has 3 heterocycles. The van der Waals surface area contributed by atoms with E-state index in [0.29, 0.717) is 6.54 Å². The van der Waals surface area contributed by atoms with Gasteiger partial charge in [-0.25, -0.2) is 19.7 Å². The number of imidazole rings is 1. The minimum atomic E-state index is -0.933. The number of anilines is 2. The maximum absolute atomic E-state index is 11.1. The summed E-state index contributed by atoms with van der Waals surface area (Å²) in [6.07, 6.45) is 6.74. The number of aromatic nitrogens is 4. The first-order valence-corrected chi connectivity index (χ1v) is 9.15. The molecule has 4 rings (SSSR count). The Bertz CT molecular complexity index is 1070. The summed E-state index contributed by atoms with van der Waals surface area (Å²) in [5, 5.41) is 13.3. The highest BCUT2D eigenvalue weighted by molar-refractivity contribution is 7.99. The third-order valence-corrected chi connectivity index (χ3v) is 5.35. The van der Waals surface area contributed by atoms with Crippen LogP contribution in [0, 0.1) is 6.92 Å². The number of nitrogens with one attached hydrogen (secondary N) is 1. The smallest absolute Gasteiger partial charge is 0.331 e. The molecule has 0 amide bonds. The second-order valence-electron chi connectivity index (χ2n) is 6.24. The number of fused-ring (bicyclic) bond motifs is 2. The second-order valence-corrected chi connectivity index (χ2v) is 7.27. The third kappa shape index (κ3) is 3.43. The van der Waals surface area contributed by atoms with Gasteiger partial charge in [-0.1, -0.05) is 17.8 Å². The number of aryl methyl sites for hydroxylation is 1. The first kappa shape index (κ1) is 17.3. The monoisotopic (exact) mass is 379 g/mol. The Kier molecular flexibility index (Phi) is 4.41. The molecular formula is C19H17N5O2S. The zero-order valence-corrected chi connectivity index (χ0v) is 15.6. The van der Waals surface area contributed by atoms with E-state index in [9.17, 15) is 4.79 Å². The molecule has 2 N–H and O–H groups in total. The van der Waals surface area contributed by atoms with E-state index >= 15 is 0 Å². The number of nitrogens with zero attached hydrogens (tertiary/aromatic N) is 4. The van der Waals surface area contributed by atoms with Gasteiger partial charge >= 0.3 is 5.97 Å². The zero-order chi connectivity index (χ0) is 19.0. The van der Waals surface area contributed by atoms with Crippen LogP contribution in [0.15, 0.2) is 52.4 Å². The van der Waals surface area contributed by atoms with Gasteiger partial charge in [-0.15, -0.1) is 0 Å². The van der Waals surface area contributed by atoms with E-state index in [0.717, 1.165) is 38.4 Å². The van der Waals surface area contributed by atoms with Crippen LogP contribution in [0.1, 0.15) is 23.9 Å². The molecular weight excluding hydrogens is 362 g/mol. The number of hydrogen-bond acceptors (Lipinski definition) is 6. The minimum Gasteiger partial charge on any atom is -0.478 e. The highest BCUT2D eigenvalue weighted by Gasteiger charge is 2.18. The van der Waals surface area contributed by atoms with E-state index in [2.05, 4.69) is 38.5 Å². The molecule has 3 aromatic rings. The maximum Gasteiger partial charge on any atom is 0.331 e. The van der Waals surface area contributed by atoms with Crippen molar-refractivity contribution in [1.29, 1.82) is 0 Å². The lowest BCUT2D eigenvalue weighted by Gasteiger charge is -2.19. The van der Waals surface area contributed by atoms with Crippen LogP contribution in [0.2, 0.25) is 0 Å². The molecule has 27 heavy (non-hydrogen) atoms. The molecule has 0 spiro atoms. The Labute approximate surface area is 160 Å². The molecule has 1 aliphatic heterocycles. The number of aliphatic carboxylic acids is 1. The van der Waals surface area contributed by atoms with Gasteiger partial charge < -0.3 is 15.0 Å². The first-order chi connectivity index (χ1) is 13.0. The van der Waals surface area contributed by atoms with Crippen LogP contribution in [0.3, 0.4) is 0 Å². The van der Waals surface area contributed by atoms with Crippen molar-refractivity contribution in [2.75, 3.05) is 5.32 Å². The van der Waals surface area contributed by atoms with Gasteiger partial charge in [-0.05, 0) is 37.6 Å². The van der Waals surface area contributed by atoms with Crippen molar-refractivity contribution in [2.45, 2.75) is 30.3 Å². The number of rotatable bonds is 4. The lowest BCUT2D eigenvalue weighted by molar-refractivity contribution is -0.132. The number of benzene rings is 1. The summed E-state index contributed by atoms with van der Waals surface area (Å²) in [5.41, 5.74) is 3.94. The Hall–Kier alpha value is -3.13. The van der Waals surface area contributed by atoms with Crippen LogP contribution in [0.4, 0.5) is 11.5 Å². The number of hydrogen-bond donors (Lipinski definition) is 2. The Morgan fingerprint density at radius 1 is 1.30 bits per heavy atom. The van der Waals surface area contributed by atoms with Crippen molar-refractivity contribution in [3.8, 4) is 0 Å². The van der Waals surface area contributed by atoms with Crippen molar-refractivity contribution < 1.29 is 9.90 Å². The molecule has 0 bridgehead atoms. The van der Waals surface area contributed by atoms with E-state index < -0.39 is 5.97 Å². The standard InChI is InChI=1S/C19H17N5O2S/c1-11(19(25)26)7-15-12(2)22-10-24(15)9-13-3-4-16-14(8-13)23-17-18(27-16)21-6-5-20-17/h3-8,10H,9H2,1-2H3,(H,20,23)(H,25,26)/b11-7+. The van der Waals surface area contributed by atoms with Crippen LogP contribution < -0.4 is 5.32 Å². The minimum absolute atomic E-state index is 0.276. The van der Waals surface area contributed by atoms with Crippen LogP contribution in [-0.2, 0) is 11.3 Å². The molecule has 1 aliphatic rings. The number of carboxylic acid groups (broad SMARTS) is 1. The summed E-state index contributed by atoms with van der Waals surface area (Å²) in [7, 11) is 0. The normalized spacial score (nSPS) is 12.9. The van der Waals surface area contributed by atoms with Gasteiger partial charge in [0, 0.05) is 29.4 Å². The predicted molar refractivity (Wildman–Crippen MR) is 103 cm³/mol. The molecule has 0 atom stereocenters. The summed E-state index contributed by atoms with van der Waals surface area (Å²) in [5.74, 6) is -0.178. The molecule has 2 aromatic heterocycles. The molecule has 0 unspecified atom stereocenters. The fraction of sp³-hybridized carbons (Fsp3) is 0.158. The molecule has 136 valence electrons. The van der Waals surface area contributed by atoms with Crippen molar-refractivity contribution in [3.05, 3.63) is 59.4 Å². The lowest BCUT2D eigenvalue weighted by Crippen LogP contribution is -2.06. The molecule has 0 radical (unpaired) electrons. The number of carboxylic acids is 1. The summed E-state index contributed by atoms with van der Waals surface area (Å²) < 4.78 is 1.95. The quantitative estimate of drug-likeness (QED) is 0.522. The summed E-state index contributed by atoms with van der Waals surface area (Å²) in [4.78, 5) is 25.2. The number of carbonyl (C=O) groups is 1. The Morgan fingerprint density at radius 3 is 2.93 bits per heavy atom. The van der Waals surface area contributed by atoms with Gasteiger partial charge in [-0.3, -0.25) is 0 Å². The van der Waals surface area contributed by atoms with Gasteiger partial charge in [0.05, 0.1) is 23.4 Å². The van der Waals surface area contributed by atoms with Gasteiger partial charge in [0.2, 0.25) is 0 Å². The van der Waals surface area contributed by atoms with Crippen LogP contribution >= 0.6 is 11.8 Å². The van der Waals surface area contributed by atoms with Crippen molar-refractivity contribution in [2.24, 2.45) is 0 Å². The van der Waals surface area contributed by atoms with Gasteiger partial charge in [-0.2, -0.15) is 0 Å². The maximum atomic E-state index is 11.1. The van der Waals surface area contributed by atoms with E-state index in [-0.39, 0.29) is 5.57 Å². The summed E-state index contributed by atoms with van der Waals surface area (Å²) in [6.45, 7) is 4.04. The fourth-order valence-electron chi connectivity index (χ4n) is 2.85. The second kappa shape index (κ2) is 6.88. The summed E-state index contributed by atoms with van der Waals surface area (Å²) in [6, 6.07) is 6.19. The van der Waals surface area contributed by atoms with Gasteiger partial charge in [0.1, 0.15) is 5.03 Å². The fourth-order valence-corrected chi connectivity index (χ4v) is 3.73. The Balaban J connectivity index is 1.63. The Morgan fingerprint density at radius 2 is 2.11 bits per heavy atom. The van der Waals surface area contributed by atoms with E-state index in [1.165, 1.54) is 0 Å². The molecule has 0 aliphatic carbocycles. The third-order valence-electron chi connectivity index (χ3n) is 4.28. The highest BCUT2D eigenvalue weighted by Crippen LogP contribution is 2.42. The lowest BCUT2D eigenvalue weighted by atomic mass is 10.1. The van der Waals surface area contributed by atoms with Crippen molar-refractivity contribution >= 4 is 35.3 Å². The molecule has 0 saturated heterocycles. The highest BCUT2D eigenvalue weighted by atomic mass is 32.2. The molecule has 7 nitrogen and oxygen atoms in total. The largest absolute Gasteiger partial charge is 0.478 e. The van der Waals surface area contributed by atoms with Crippen molar-refractivity contribution in [1.82, 2.24) is 19.5 Å². The predicted octanol–water partition coefficient (Wildman–Crippen LogP) is 3.73. The van der Waals surface area contributed by atoms with E-state index in [1.807, 2.05) is 11.5 Å². The first-order valence-electron chi connectivity index (χ1n) is 8.33. The average molecular weight is 379 g/mol.